The first-order chi connectivity index (χ1) is 24.3. The summed E-state index contributed by atoms with van der Waals surface area (Å²) in [6, 6.07) is 20.0. The lowest BCUT2D eigenvalue weighted by Crippen LogP contribution is -2.31. The Morgan fingerprint density at radius 3 is 2.35 bits per heavy atom. The first-order valence-corrected chi connectivity index (χ1v) is 17.7. The van der Waals surface area contributed by atoms with Crippen LogP contribution in [0.1, 0.15) is 52.6 Å². The summed E-state index contributed by atoms with van der Waals surface area (Å²) in [5.41, 5.74) is 5.33. The number of aromatic nitrogens is 1. The number of hydrogen-bond donors (Lipinski definition) is 0. The van der Waals surface area contributed by atoms with Gasteiger partial charge in [-0.2, -0.15) is 0 Å². The number of ether oxygens (including phenoxy) is 2. The van der Waals surface area contributed by atoms with Gasteiger partial charge in [0.05, 0.1) is 35.0 Å². The second-order valence-electron chi connectivity index (χ2n) is 12.0. The van der Waals surface area contributed by atoms with Crippen LogP contribution in [0.15, 0.2) is 88.3 Å². The van der Waals surface area contributed by atoms with Gasteiger partial charge in [0, 0.05) is 12.5 Å². The standard InChI is InChI=1S/C38H38FN3O8S/c1-6-48-37(43)17-15-29-14-16-31(21-34(29)39)41(51(46,47)36-13-8-7-12-35(36)42(44)45)22-28-10-9-11-30(20-28)38-24(2)18-32(19-25(38)3)49-23-33-26(4)40-50-27(33)5/h7-14,16,18-21H,6,15,17,22-23H2,1-5H3. The van der Waals surface area contributed by atoms with E-state index in [2.05, 4.69) is 5.16 Å². The fraction of sp³-hybridized carbons (Fsp3) is 0.263. The van der Waals surface area contributed by atoms with Crippen LogP contribution in [0, 0.1) is 43.6 Å². The lowest BCUT2D eigenvalue weighted by Gasteiger charge is -2.25. The maximum Gasteiger partial charge on any atom is 0.306 e. The molecule has 0 aliphatic heterocycles. The van der Waals surface area contributed by atoms with E-state index in [1.54, 1.807) is 19.1 Å². The molecule has 1 heterocycles. The number of sulfonamides is 1. The number of benzene rings is 4. The zero-order valence-corrected chi connectivity index (χ0v) is 29.8. The summed E-state index contributed by atoms with van der Waals surface area (Å²) < 4.78 is 61.2. The Labute approximate surface area is 295 Å². The molecule has 0 saturated heterocycles. The lowest BCUT2D eigenvalue weighted by atomic mass is 9.94. The number of nitrogens with zero attached hydrogens (tertiary/aromatic N) is 3. The normalized spacial score (nSPS) is 11.3. The largest absolute Gasteiger partial charge is 0.489 e. The Bertz CT molecular complexity index is 2160. The minimum Gasteiger partial charge on any atom is -0.489 e. The number of aryl methyl sites for hydroxylation is 5. The molecule has 0 aliphatic carbocycles. The summed E-state index contributed by atoms with van der Waals surface area (Å²) in [6.07, 6.45) is -0.00544. The average Bonchev–Trinajstić information content (AvgIpc) is 3.41. The van der Waals surface area contributed by atoms with E-state index >= 15 is 4.39 Å². The SMILES string of the molecule is CCOC(=O)CCc1ccc(N(Cc2cccc(-c3c(C)cc(OCc4c(C)noc4C)cc3C)c2)S(=O)(=O)c2ccccc2[N+](=O)[O-])cc1F. The van der Waals surface area contributed by atoms with E-state index in [4.69, 9.17) is 14.0 Å². The smallest absolute Gasteiger partial charge is 0.306 e. The number of rotatable bonds is 14. The third-order valence-corrected chi connectivity index (χ3v) is 10.3. The van der Waals surface area contributed by atoms with Crippen LogP contribution in [-0.4, -0.2) is 31.1 Å². The van der Waals surface area contributed by atoms with Gasteiger partial charge in [-0.1, -0.05) is 41.6 Å². The summed E-state index contributed by atoms with van der Waals surface area (Å²) in [5, 5.41) is 15.9. The van der Waals surface area contributed by atoms with Crippen LogP contribution in [0.4, 0.5) is 15.8 Å². The molecule has 0 aliphatic rings. The Morgan fingerprint density at radius 2 is 1.71 bits per heavy atom. The van der Waals surface area contributed by atoms with Gasteiger partial charge < -0.3 is 14.0 Å². The zero-order chi connectivity index (χ0) is 36.9. The Kier molecular flexibility index (Phi) is 11.2. The van der Waals surface area contributed by atoms with Crippen molar-refractivity contribution in [2.45, 2.75) is 65.5 Å². The van der Waals surface area contributed by atoms with Crippen LogP contribution >= 0.6 is 0 Å². The average molecular weight is 716 g/mol. The zero-order valence-electron chi connectivity index (χ0n) is 28.9. The number of nitro groups is 1. The summed E-state index contributed by atoms with van der Waals surface area (Å²) in [5.74, 6) is 0.154. The minimum absolute atomic E-state index is 0.0388. The highest BCUT2D eigenvalue weighted by Gasteiger charge is 2.32. The van der Waals surface area contributed by atoms with E-state index in [9.17, 15) is 23.3 Å². The first kappa shape index (κ1) is 36.7. The molecule has 51 heavy (non-hydrogen) atoms. The highest BCUT2D eigenvalue weighted by molar-refractivity contribution is 7.93. The van der Waals surface area contributed by atoms with Gasteiger partial charge in [0.2, 0.25) is 0 Å². The fourth-order valence-corrected chi connectivity index (χ4v) is 7.55. The molecule has 11 nitrogen and oxygen atoms in total. The first-order valence-electron chi connectivity index (χ1n) is 16.3. The molecule has 0 N–H and O–H groups in total. The molecule has 5 rings (SSSR count). The third-order valence-electron chi connectivity index (χ3n) is 8.47. The monoisotopic (exact) mass is 715 g/mol. The number of esters is 1. The van der Waals surface area contributed by atoms with Gasteiger partial charge >= 0.3 is 5.97 Å². The molecule has 0 unspecified atom stereocenters. The molecule has 0 saturated carbocycles. The molecule has 4 aromatic carbocycles. The van der Waals surface area contributed by atoms with Crippen LogP contribution in [0.3, 0.4) is 0 Å². The van der Waals surface area contributed by atoms with Gasteiger partial charge in [-0.05, 0) is 111 Å². The lowest BCUT2D eigenvalue weighted by molar-refractivity contribution is -0.387. The molecule has 0 fully saturated rings. The fourth-order valence-electron chi connectivity index (χ4n) is 5.94. The summed E-state index contributed by atoms with van der Waals surface area (Å²) in [7, 11) is -4.60. The molecule has 0 radical (unpaired) electrons. The number of para-hydroxylation sites is 1. The minimum atomic E-state index is -4.60. The summed E-state index contributed by atoms with van der Waals surface area (Å²) in [4.78, 5) is 22.5. The second kappa shape index (κ2) is 15.5. The van der Waals surface area contributed by atoms with Crippen molar-refractivity contribution in [1.29, 1.82) is 0 Å². The number of halogens is 1. The van der Waals surface area contributed by atoms with Crippen molar-refractivity contribution in [2.75, 3.05) is 10.9 Å². The summed E-state index contributed by atoms with van der Waals surface area (Å²) in [6.45, 7) is 9.50. The van der Waals surface area contributed by atoms with Gasteiger partial charge in [-0.15, -0.1) is 0 Å². The van der Waals surface area contributed by atoms with Gasteiger partial charge in [-0.25, -0.2) is 12.8 Å². The molecule has 1 aromatic heterocycles. The number of carbonyl (C=O) groups is 1. The van der Waals surface area contributed by atoms with E-state index in [1.165, 1.54) is 24.3 Å². The van der Waals surface area contributed by atoms with Gasteiger partial charge in [0.25, 0.3) is 15.7 Å². The van der Waals surface area contributed by atoms with Crippen LogP contribution in [0.25, 0.3) is 11.1 Å². The topological polar surface area (TPSA) is 142 Å². The molecule has 13 heteroatoms. The predicted molar refractivity (Wildman–Crippen MR) is 189 cm³/mol. The number of nitro benzene ring substituents is 1. The quantitative estimate of drug-likeness (QED) is 0.0633. The van der Waals surface area contributed by atoms with Crippen molar-refractivity contribution in [1.82, 2.24) is 5.16 Å². The molecular formula is C38H38FN3O8S. The molecule has 0 amide bonds. The van der Waals surface area contributed by atoms with E-state index in [0.717, 1.165) is 56.0 Å². The van der Waals surface area contributed by atoms with Gasteiger partial charge in [-0.3, -0.25) is 19.2 Å². The van der Waals surface area contributed by atoms with E-state index in [0.29, 0.717) is 23.7 Å². The van der Waals surface area contributed by atoms with Gasteiger partial charge in [0.1, 0.15) is 23.9 Å². The number of anilines is 1. The Hall–Kier alpha value is -5.56. The van der Waals surface area contributed by atoms with Crippen molar-refractivity contribution in [3.8, 4) is 16.9 Å². The highest BCUT2D eigenvalue weighted by atomic mass is 32.2. The van der Waals surface area contributed by atoms with Crippen molar-refractivity contribution >= 4 is 27.4 Å². The molecular weight excluding hydrogens is 677 g/mol. The Morgan fingerprint density at radius 1 is 0.980 bits per heavy atom. The maximum atomic E-state index is 15.5. The van der Waals surface area contributed by atoms with E-state index in [-0.39, 0.29) is 37.2 Å². The number of hydrogen-bond acceptors (Lipinski definition) is 9. The maximum absolute atomic E-state index is 15.5. The molecule has 0 spiro atoms. The van der Waals surface area contributed by atoms with E-state index in [1.807, 2.05) is 52.0 Å². The van der Waals surface area contributed by atoms with Crippen molar-refractivity contribution < 1.29 is 36.5 Å². The predicted octanol–water partition coefficient (Wildman–Crippen LogP) is 8.09. The van der Waals surface area contributed by atoms with Crippen molar-refractivity contribution in [3.63, 3.8) is 0 Å². The van der Waals surface area contributed by atoms with Gasteiger partial charge in [0.15, 0.2) is 4.90 Å². The van der Waals surface area contributed by atoms with Crippen molar-refractivity contribution in [3.05, 3.63) is 134 Å². The van der Waals surface area contributed by atoms with Crippen LogP contribution in [0.2, 0.25) is 0 Å². The molecule has 0 atom stereocenters. The Balaban J connectivity index is 1.50. The second-order valence-corrected chi connectivity index (χ2v) is 13.9. The summed E-state index contributed by atoms with van der Waals surface area (Å²) >= 11 is 0. The highest BCUT2D eigenvalue weighted by Crippen LogP contribution is 2.35. The van der Waals surface area contributed by atoms with Crippen LogP contribution < -0.4 is 9.04 Å². The third kappa shape index (κ3) is 8.26. The molecule has 0 bridgehead atoms. The molecule has 5 aromatic rings. The number of carbonyl (C=O) groups excluding carboxylic acids is 1. The van der Waals surface area contributed by atoms with Crippen LogP contribution in [-0.2, 0) is 39.1 Å². The van der Waals surface area contributed by atoms with Crippen LogP contribution in [0.5, 0.6) is 5.75 Å². The van der Waals surface area contributed by atoms with E-state index < -0.39 is 37.3 Å². The molecule has 266 valence electrons. The van der Waals surface area contributed by atoms with Crippen molar-refractivity contribution in [2.24, 2.45) is 0 Å².